The second-order valence-electron chi connectivity index (χ2n) is 9.14. The van der Waals surface area contributed by atoms with Gasteiger partial charge in [-0.3, -0.25) is 0 Å². The van der Waals surface area contributed by atoms with Gasteiger partial charge in [-0.05, 0) is 24.0 Å². The van der Waals surface area contributed by atoms with Gasteiger partial charge in [-0.2, -0.15) is 0 Å². The van der Waals surface area contributed by atoms with E-state index in [4.69, 9.17) is 18.9 Å². The number of fused-ring (bicyclic) bond motifs is 2. The molecule has 0 atom stereocenters. The van der Waals surface area contributed by atoms with Crippen molar-refractivity contribution in [2.75, 3.05) is 39.6 Å². The number of hydrogen-bond acceptors (Lipinski definition) is 4. The predicted octanol–water partition coefficient (Wildman–Crippen LogP) is 7.27. The van der Waals surface area contributed by atoms with Crippen LogP contribution in [0.25, 0.3) is 21.5 Å². The van der Waals surface area contributed by atoms with E-state index in [0.717, 1.165) is 45.9 Å². The van der Waals surface area contributed by atoms with E-state index in [-0.39, 0.29) is 0 Å². The molecule has 0 bridgehead atoms. The quantitative estimate of drug-likeness (QED) is 0.117. The molecule has 0 amide bonds. The molecule has 0 aliphatic heterocycles. The van der Waals surface area contributed by atoms with Crippen LogP contribution in [0.5, 0.6) is 11.5 Å². The van der Waals surface area contributed by atoms with Gasteiger partial charge in [-0.1, -0.05) is 109 Å². The van der Waals surface area contributed by atoms with Crippen LogP contribution in [0.4, 0.5) is 0 Å². The minimum absolute atomic E-state index is 0.484. The molecular formula is C34H34O4. The van der Waals surface area contributed by atoms with Gasteiger partial charge in [0.1, 0.15) is 24.7 Å². The largest absolute Gasteiger partial charge is 0.490 e. The van der Waals surface area contributed by atoms with E-state index in [2.05, 4.69) is 72.8 Å². The summed E-state index contributed by atoms with van der Waals surface area (Å²) in [5.41, 5.74) is 2.56. The fraction of sp³-hybridized carbons (Fsp3) is 0.235. The Morgan fingerprint density at radius 1 is 0.342 bits per heavy atom. The number of benzene rings is 5. The number of hydrogen-bond donors (Lipinski definition) is 0. The summed E-state index contributed by atoms with van der Waals surface area (Å²) < 4.78 is 24.4. The third-order valence-electron chi connectivity index (χ3n) is 6.54. The topological polar surface area (TPSA) is 36.9 Å². The maximum absolute atomic E-state index is 6.33. The second-order valence-corrected chi connectivity index (χ2v) is 9.14. The third kappa shape index (κ3) is 6.71. The highest BCUT2D eigenvalue weighted by molar-refractivity contribution is 6.11. The first-order valence-corrected chi connectivity index (χ1v) is 13.3. The minimum atomic E-state index is 0.484. The molecule has 5 rings (SSSR count). The molecule has 5 aromatic carbocycles. The molecule has 0 fully saturated rings. The van der Waals surface area contributed by atoms with Crippen LogP contribution in [0.3, 0.4) is 0 Å². The highest BCUT2D eigenvalue weighted by Gasteiger charge is 2.15. The molecular weight excluding hydrogens is 472 g/mol. The van der Waals surface area contributed by atoms with Crippen LogP contribution in [-0.4, -0.2) is 39.6 Å². The van der Waals surface area contributed by atoms with Crippen LogP contribution in [-0.2, 0) is 22.3 Å². The maximum Gasteiger partial charge on any atom is 0.135 e. The first kappa shape index (κ1) is 25.8. The molecule has 0 aliphatic rings. The Balaban J connectivity index is 1.21. The van der Waals surface area contributed by atoms with E-state index >= 15 is 0 Å². The summed E-state index contributed by atoms with van der Waals surface area (Å²) >= 11 is 0. The fourth-order valence-corrected chi connectivity index (χ4v) is 4.64. The molecule has 0 aromatic heterocycles. The SMILES string of the molecule is c1ccc(CCOCCOc2c3ccccc3c(OCCOCCc3ccccc3)c3ccccc23)cc1. The van der Waals surface area contributed by atoms with Gasteiger partial charge in [0.25, 0.3) is 0 Å². The Morgan fingerprint density at radius 3 is 1.05 bits per heavy atom. The maximum atomic E-state index is 6.33. The van der Waals surface area contributed by atoms with Gasteiger partial charge in [-0.15, -0.1) is 0 Å². The molecule has 0 unspecified atom stereocenters. The summed E-state index contributed by atoms with van der Waals surface area (Å²) in [6.45, 7) is 3.39. The average Bonchev–Trinajstić information content (AvgIpc) is 2.98. The van der Waals surface area contributed by atoms with E-state index < -0.39 is 0 Å². The van der Waals surface area contributed by atoms with Crippen LogP contribution in [0.1, 0.15) is 11.1 Å². The molecule has 0 saturated carbocycles. The normalized spacial score (nSPS) is 11.2. The highest BCUT2D eigenvalue weighted by Crippen LogP contribution is 2.42. The van der Waals surface area contributed by atoms with Crippen LogP contribution in [0.2, 0.25) is 0 Å². The zero-order chi connectivity index (χ0) is 25.8. The highest BCUT2D eigenvalue weighted by atomic mass is 16.5. The van der Waals surface area contributed by atoms with Crippen LogP contribution < -0.4 is 9.47 Å². The lowest BCUT2D eigenvalue weighted by molar-refractivity contribution is 0.103. The van der Waals surface area contributed by atoms with Crippen molar-refractivity contribution in [2.24, 2.45) is 0 Å². The zero-order valence-electron chi connectivity index (χ0n) is 21.7. The molecule has 0 spiro atoms. The predicted molar refractivity (Wildman–Crippen MR) is 154 cm³/mol. The Kier molecular flexibility index (Phi) is 9.24. The molecule has 0 radical (unpaired) electrons. The Morgan fingerprint density at radius 2 is 0.684 bits per heavy atom. The van der Waals surface area contributed by atoms with Crippen molar-refractivity contribution in [1.82, 2.24) is 0 Å². The molecule has 4 nitrogen and oxygen atoms in total. The van der Waals surface area contributed by atoms with Gasteiger partial charge in [-0.25, -0.2) is 0 Å². The van der Waals surface area contributed by atoms with Gasteiger partial charge in [0.15, 0.2) is 0 Å². The number of rotatable bonds is 14. The van der Waals surface area contributed by atoms with Crippen molar-refractivity contribution >= 4 is 21.5 Å². The van der Waals surface area contributed by atoms with E-state index in [1.54, 1.807) is 0 Å². The molecule has 194 valence electrons. The Labute approximate surface area is 224 Å². The van der Waals surface area contributed by atoms with Crippen molar-refractivity contribution < 1.29 is 18.9 Å². The molecule has 38 heavy (non-hydrogen) atoms. The minimum Gasteiger partial charge on any atom is -0.490 e. The Bertz CT molecular complexity index is 1250. The molecule has 4 heteroatoms. The van der Waals surface area contributed by atoms with E-state index in [0.29, 0.717) is 39.6 Å². The smallest absolute Gasteiger partial charge is 0.135 e. The van der Waals surface area contributed by atoms with Crippen LogP contribution in [0.15, 0.2) is 109 Å². The van der Waals surface area contributed by atoms with E-state index in [1.165, 1.54) is 11.1 Å². The first-order chi connectivity index (χ1) is 18.9. The fourth-order valence-electron chi connectivity index (χ4n) is 4.64. The van der Waals surface area contributed by atoms with Crippen molar-refractivity contribution in [3.63, 3.8) is 0 Å². The lowest BCUT2D eigenvalue weighted by Crippen LogP contribution is -2.10. The third-order valence-corrected chi connectivity index (χ3v) is 6.54. The van der Waals surface area contributed by atoms with Crippen molar-refractivity contribution in [3.05, 3.63) is 120 Å². The van der Waals surface area contributed by atoms with Crippen LogP contribution >= 0.6 is 0 Å². The summed E-state index contributed by atoms with van der Waals surface area (Å²) in [6, 6.07) is 37.3. The van der Waals surface area contributed by atoms with E-state index in [9.17, 15) is 0 Å². The van der Waals surface area contributed by atoms with Gasteiger partial charge in [0.2, 0.25) is 0 Å². The van der Waals surface area contributed by atoms with Crippen molar-refractivity contribution in [1.29, 1.82) is 0 Å². The molecule has 0 saturated heterocycles. The van der Waals surface area contributed by atoms with Gasteiger partial charge in [0, 0.05) is 21.5 Å². The molecule has 0 aliphatic carbocycles. The van der Waals surface area contributed by atoms with E-state index in [1.807, 2.05) is 36.4 Å². The summed E-state index contributed by atoms with van der Waals surface area (Å²) in [4.78, 5) is 0. The summed E-state index contributed by atoms with van der Waals surface area (Å²) in [7, 11) is 0. The van der Waals surface area contributed by atoms with Gasteiger partial charge >= 0.3 is 0 Å². The van der Waals surface area contributed by atoms with Gasteiger partial charge < -0.3 is 18.9 Å². The average molecular weight is 507 g/mol. The zero-order valence-corrected chi connectivity index (χ0v) is 21.7. The lowest BCUT2D eigenvalue weighted by Gasteiger charge is -2.18. The molecule has 0 N–H and O–H groups in total. The molecule has 0 heterocycles. The summed E-state index contributed by atoms with van der Waals surface area (Å²) in [6.07, 6.45) is 1.80. The second kappa shape index (κ2) is 13.6. The molecule has 5 aromatic rings. The van der Waals surface area contributed by atoms with Crippen molar-refractivity contribution in [2.45, 2.75) is 12.8 Å². The lowest BCUT2D eigenvalue weighted by atomic mass is 10.0. The summed E-state index contributed by atoms with van der Waals surface area (Å²) in [5.74, 6) is 1.74. The number of ether oxygens (including phenoxy) is 4. The van der Waals surface area contributed by atoms with Crippen molar-refractivity contribution in [3.8, 4) is 11.5 Å². The van der Waals surface area contributed by atoms with Gasteiger partial charge in [0.05, 0.1) is 26.4 Å². The summed E-state index contributed by atoms with van der Waals surface area (Å²) in [5, 5.41) is 4.15. The standard InChI is InChI=1S/C34H34O4/c1-3-11-27(12-4-1)19-21-35-23-25-37-33-29-15-7-9-17-31(29)34(32-18-10-8-16-30(32)33)38-26-24-36-22-20-28-13-5-2-6-14-28/h1-18H,19-26H2. The van der Waals surface area contributed by atoms with Crippen LogP contribution in [0, 0.1) is 0 Å². The monoisotopic (exact) mass is 506 g/mol. The Hall–Kier alpha value is -3.86. The first-order valence-electron chi connectivity index (χ1n) is 13.3.